The highest BCUT2D eigenvalue weighted by molar-refractivity contribution is 7.20. The quantitative estimate of drug-likeness (QED) is 0.439. The summed E-state index contributed by atoms with van der Waals surface area (Å²) < 4.78 is 21.0. The molecule has 10 nitrogen and oxygen atoms in total. The number of benzene rings is 2. The van der Waals surface area contributed by atoms with E-state index in [-0.39, 0.29) is 20.6 Å². The van der Waals surface area contributed by atoms with Gasteiger partial charge in [0.25, 0.3) is 11.1 Å². The molecule has 0 fully saturated rings. The van der Waals surface area contributed by atoms with Crippen LogP contribution in [-0.4, -0.2) is 32.4 Å². The first-order chi connectivity index (χ1) is 15.7. The van der Waals surface area contributed by atoms with Gasteiger partial charge in [0.1, 0.15) is 12.9 Å². The van der Waals surface area contributed by atoms with Crippen LogP contribution >= 0.6 is 22.9 Å². The van der Waals surface area contributed by atoms with Crippen molar-refractivity contribution in [1.29, 1.82) is 0 Å². The van der Waals surface area contributed by atoms with E-state index in [4.69, 9.17) is 16.3 Å². The second kappa shape index (κ2) is 8.56. The number of nitrogens with zero attached hydrogens (tertiary/aromatic N) is 3. The van der Waals surface area contributed by atoms with Crippen molar-refractivity contribution in [3.63, 3.8) is 0 Å². The van der Waals surface area contributed by atoms with Crippen LogP contribution in [0.25, 0.3) is 10.2 Å². The number of hydrogen-bond donors (Lipinski definition) is 2. The summed E-state index contributed by atoms with van der Waals surface area (Å²) in [5, 5.41) is 12.7. The Morgan fingerprint density at radius 1 is 1.21 bits per heavy atom. The van der Waals surface area contributed by atoms with Gasteiger partial charge in [0.2, 0.25) is 5.88 Å². The molecule has 4 aromatic rings. The number of aromatic nitrogens is 3. The number of hydrogen-bond acceptors (Lipinski definition) is 8. The van der Waals surface area contributed by atoms with Crippen LogP contribution in [0.3, 0.4) is 0 Å². The molecule has 1 amide bonds. The Balaban J connectivity index is 1.55. The summed E-state index contributed by atoms with van der Waals surface area (Å²) in [6, 6.07) is 8.97. The predicted octanol–water partition coefficient (Wildman–Crippen LogP) is 2.76. The third kappa shape index (κ3) is 4.01. The van der Waals surface area contributed by atoms with Crippen molar-refractivity contribution in [2.24, 2.45) is 7.05 Å². The summed E-state index contributed by atoms with van der Waals surface area (Å²) in [4.78, 5) is 45.7. The average molecular weight is 493 g/mol. The van der Waals surface area contributed by atoms with E-state index >= 15 is 0 Å². The number of carbonyl (C=O) groups excluding carboxylic acids is 1. The summed E-state index contributed by atoms with van der Waals surface area (Å²) >= 11 is 6.77. The number of fused-ring (bicyclic) bond motifs is 1. The summed E-state index contributed by atoms with van der Waals surface area (Å²) in [5.74, 6) is -1.98. The molecular formula is C20H14ClFN4O6S. The van der Waals surface area contributed by atoms with Crippen LogP contribution in [0, 0.1) is 5.82 Å². The maximum atomic E-state index is 14.1. The molecule has 0 saturated heterocycles. The highest BCUT2D eigenvalue weighted by Crippen LogP contribution is 2.35. The number of aromatic hydroxyl groups is 1. The van der Waals surface area contributed by atoms with Gasteiger partial charge in [-0.05, 0) is 36.4 Å². The molecule has 0 spiro atoms. The van der Waals surface area contributed by atoms with Crippen molar-refractivity contribution in [3.8, 4) is 16.8 Å². The predicted molar refractivity (Wildman–Crippen MR) is 119 cm³/mol. The normalized spacial score (nSPS) is 10.9. The topological polar surface area (TPSA) is 125 Å². The largest absolute Gasteiger partial charge is 0.494 e. The number of anilines is 1. The van der Waals surface area contributed by atoms with Crippen LogP contribution in [-0.2, 0) is 7.05 Å². The Morgan fingerprint density at radius 3 is 2.58 bits per heavy atom. The Kier molecular flexibility index (Phi) is 5.78. The molecule has 170 valence electrons. The van der Waals surface area contributed by atoms with Crippen LogP contribution in [0.4, 0.5) is 10.1 Å². The van der Waals surface area contributed by atoms with Gasteiger partial charge in [0.15, 0.2) is 11.4 Å². The smallest absolute Gasteiger partial charge is 0.367 e. The number of halogens is 2. The lowest BCUT2D eigenvalue weighted by Gasteiger charge is -2.12. The minimum absolute atomic E-state index is 0.0143. The van der Waals surface area contributed by atoms with Crippen LogP contribution in [0.1, 0.15) is 10.4 Å². The monoisotopic (exact) mass is 492 g/mol. The van der Waals surface area contributed by atoms with Crippen LogP contribution < -0.4 is 26.1 Å². The number of ether oxygens (including phenoxy) is 1. The van der Waals surface area contributed by atoms with E-state index in [9.17, 15) is 23.9 Å². The maximum absolute atomic E-state index is 14.1. The molecule has 0 aliphatic heterocycles. The van der Waals surface area contributed by atoms with Gasteiger partial charge in [-0.25, -0.2) is 14.2 Å². The number of rotatable bonds is 5. The molecule has 0 unspecified atom stereocenters. The zero-order valence-corrected chi connectivity index (χ0v) is 18.5. The highest BCUT2D eigenvalue weighted by atomic mass is 35.5. The molecule has 2 heterocycles. The fourth-order valence-corrected chi connectivity index (χ4v) is 3.99. The maximum Gasteiger partial charge on any atom is 0.367 e. The van der Waals surface area contributed by atoms with Crippen LogP contribution in [0.2, 0.25) is 5.02 Å². The van der Waals surface area contributed by atoms with Crippen molar-refractivity contribution in [1.82, 2.24) is 14.3 Å². The first-order valence-corrected chi connectivity index (χ1v) is 10.3. The number of nitrogens with one attached hydrogen (secondary N) is 1. The van der Waals surface area contributed by atoms with Gasteiger partial charge in [-0.2, -0.15) is 0 Å². The van der Waals surface area contributed by atoms with Gasteiger partial charge >= 0.3 is 11.2 Å². The minimum Gasteiger partial charge on any atom is -0.494 e. The zero-order valence-electron chi connectivity index (χ0n) is 17.0. The SMILES string of the molecule is COn1c(=O)c(C(=O)Nc2ccc(Oc3nc4ccc(Cl)c(F)c4s3)cc2)c(O)n(C)c1=O. The molecule has 0 atom stereocenters. The molecule has 13 heteroatoms. The van der Waals surface area contributed by atoms with Crippen molar-refractivity contribution < 1.29 is 23.9 Å². The minimum atomic E-state index is -1.11. The Hall–Kier alpha value is -3.90. The summed E-state index contributed by atoms with van der Waals surface area (Å²) in [5.41, 5.74) is -2.06. The number of amides is 1. The van der Waals surface area contributed by atoms with E-state index in [0.717, 1.165) is 18.4 Å². The van der Waals surface area contributed by atoms with Crippen LogP contribution in [0.5, 0.6) is 16.8 Å². The number of thiazole rings is 1. The van der Waals surface area contributed by atoms with E-state index in [1.165, 1.54) is 37.4 Å². The molecule has 2 N–H and O–H groups in total. The van der Waals surface area contributed by atoms with E-state index in [1.54, 1.807) is 6.07 Å². The zero-order chi connectivity index (χ0) is 23.9. The molecule has 0 saturated carbocycles. The van der Waals surface area contributed by atoms with Gasteiger partial charge < -0.3 is 20.0 Å². The number of carbonyl (C=O) groups is 1. The first kappa shape index (κ1) is 22.3. The lowest BCUT2D eigenvalue weighted by molar-refractivity contribution is 0.0998. The van der Waals surface area contributed by atoms with Crippen molar-refractivity contribution in [2.45, 2.75) is 0 Å². The summed E-state index contributed by atoms with van der Waals surface area (Å²) in [6.07, 6.45) is 0. The Bertz CT molecular complexity index is 1510. The second-order valence-corrected chi connectivity index (χ2v) is 7.96. The third-order valence-corrected chi connectivity index (χ3v) is 5.79. The molecule has 0 radical (unpaired) electrons. The standard InChI is InChI=1S/C20H14ClFN4O6S/c1-25-17(28)13(18(29)26(31-2)20(25)30)16(27)23-9-3-5-10(6-4-9)32-19-24-12-8-7-11(21)14(22)15(12)33-19/h3-8,28H,1-2H3,(H,23,27). The van der Waals surface area contributed by atoms with E-state index in [1.807, 2.05) is 0 Å². The van der Waals surface area contributed by atoms with E-state index in [0.29, 0.717) is 20.6 Å². The van der Waals surface area contributed by atoms with E-state index in [2.05, 4.69) is 15.1 Å². The molecule has 33 heavy (non-hydrogen) atoms. The Labute approximate surface area is 193 Å². The van der Waals surface area contributed by atoms with Gasteiger partial charge in [-0.3, -0.25) is 14.2 Å². The van der Waals surface area contributed by atoms with Gasteiger partial charge in [0.05, 0.1) is 15.2 Å². The van der Waals surface area contributed by atoms with Crippen molar-refractivity contribution in [3.05, 3.63) is 73.6 Å². The molecule has 4 rings (SSSR count). The van der Waals surface area contributed by atoms with Crippen molar-refractivity contribution >= 4 is 44.7 Å². The average Bonchev–Trinajstić information content (AvgIpc) is 3.20. The van der Waals surface area contributed by atoms with Crippen LogP contribution in [0.15, 0.2) is 46.0 Å². The molecular weight excluding hydrogens is 479 g/mol. The third-order valence-electron chi connectivity index (χ3n) is 4.56. The second-order valence-electron chi connectivity index (χ2n) is 6.59. The lowest BCUT2D eigenvalue weighted by Crippen LogP contribution is -2.45. The van der Waals surface area contributed by atoms with Gasteiger partial charge in [-0.15, -0.1) is 0 Å². The first-order valence-electron chi connectivity index (χ1n) is 9.14. The molecule has 0 aliphatic carbocycles. The summed E-state index contributed by atoms with van der Waals surface area (Å²) in [7, 11) is 2.26. The lowest BCUT2D eigenvalue weighted by atomic mass is 10.2. The molecule has 2 aromatic heterocycles. The molecule has 2 aromatic carbocycles. The fourth-order valence-electron chi connectivity index (χ4n) is 2.90. The fraction of sp³-hybridized carbons (Fsp3) is 0.100. The summed E-state index contributed by atoms with van der Waals surface area (Å²) in [6.45, 7) is 0. The van der Waals surface area contributed by atoms with Gasteiger partial charge in [0, 0.05) is 12.7 Å². The van der Waals surface area contributed by atoms with E-state index < -0.39 is 34.4 Å². The highest BCUT2D eigenvalue weighted by Gasteiger charge is 2.23. The molecule has 0 aliphatic rings. The van der Waals surface area contributed by atoms with Crippen molar-refractivity contribution in [2.75, 3.05) is 12.4 Å². The Morgan fingerprint density at radius 2 is 1.91 bits per heavy atom. The molecule has 0 bridgehead atoms. The van der Waals surface area contributed by atoms with Gasteiger partial charge in [-0.1, -0.05) is 27.7 Å².